The van der Waals surface area contributed by atoms with Crippen molar-refractivity contribution in [3.05, 3.63) is 66.7 Å². The summed E-state index contributed by atoms with van der Waals surface area (Å²) in [5.74, 6) is 0.0913. The second-order valence-corrected chi connectivity index (χ2v) is 6.36. The Kier molecular flexibility index (Phi) is 4.81. The summed E-state index contributed by atoms with van der Waals surface area (Å²) >= 11 is 11.5. The molecule has 0 aliphatic carbocycles. The molecule has 4 heteroatoms. The Balaban J connectivity index is 2.16. The van der Waals surface area contributed by atoms with Crippen molar-refractivity contribution in [2.45, 2.75) is 6.42 Å². The smallest absolute Gasteiger partial charge is 0.167 e. The summed E-state index contributed by atoms with van der Waals surface area (Å²) in [4.78, 5) is 12.1. The molecule has 0 aliphatic heterocycles. The van der Waals surface area contributed by atoms with Crippen molar-refractivity contribution in [2.24, 2.45) is 0 Å². The Morgan fingerprint density at radius 2 is 1.83 bits per heavy atom. The van der Waals surface area contributed by atoms with Crippen LogP contribution < -0.4 is 0 Å². The van der Waals surface area contributed by atoms with Crippen molar-refractivity contribution in [3.8, 4) is 0 Å². The molecule has 0 saturated heterocycles. The van der Waals surface area contributed by atoms with Crippen LogP contribution in [0.2, 0.25) is 5.02 Å². The molecule has 0 fully saturated rings. The average molecular weight is 435 g/mol. The summed E-state index contributed by atoms with van der Waals surface area (Å²) in [7, 11) is 0. The van der Waals surface area contributed by atoms with Crippen LogP contribution in [0.15, 0.2) is 46.9 Å². The summed E-state index contributed by atoms with van der Waals surface area (Å²) in [6.07, 6.45) is 0.408. The van der Waals surface area contributed by atoms with Gasteiger partial charge >= 0.3 is 0 Å². The highest BCUT2D eigenvalue weighted by Crippen LogP contribution is 2.24. The molecule has 0 aromatic heterocycles. The molecule has 2 rings (SSSR count). The normalized spacial score (nSPS) is 10.4. The predicted octanol–water partition coefficient (Wildman–Crippen LogP) is 5.13. The van der Waals surface area contributed by atoms with Crippen LogP contribution in [0.4, 0.5) is 0 Å². The molecule has 0 aliphatic rings. The highest BCUT2D eigenvalue weighted by atomic mass is 127. The summed E-state index contributed by atoms with van der Waals surface area (Å²) in [5.41, 5.74) is 1.69. The highest BCUT2D eigenvalue weighted by Gasteiger charge is 2.08. The number of benzene rings is 2. The zero-order valence-corrected chi connectivity index (χ0v) is 13.8. The number of Topliss-reactive ketones (excluding diaryl/α,β-unsaturated/α-hetero) is 1. The van der Waals surface area contributed by atoms with Crippen molar-refractivity contribution in [1.29, 1.82) is 0 Å². The second-order valence-electron chi connectivity index (χ2n) is 3.86. The van der Waals surface area contributed by atoms with Gasteiger partial charge in [0, 0.05) is 20.0 Å². The van der Waals surface area contributed by atoms with Gasteiger partial charge < -0.3 is 0 Å². The zero-order valence-electron chi connectivity index (χ0n) is 9.29. The van der Waals surface area contributed by atoms with Gasteiger partial charge in [-0.2, -0.15) is 0 Å². The molecule has 0 unspecified atom stereocenters. The third kappa shape index (κ3) is 3.56. The third-order valence-corrected chi connectivity index (χ3v) is 4.45. The van der Waals surface area contributed by atoms with Crippen LogP contribution in [0, 0.1) is 3.57 Å². The minimum atomic E-state index is 0.0913. The first-order valence-corrected chi connectivity index (χ1v) is 7.54. The number of carbonyl (C=O) groups is 1. The van der Waals surface area contributed by atoms with E-state index in [2.05, 4.69) is 38.5 Å². The summed E-state index contributed by atoms with van der Waals surface area (Å²) < 4.78 is 1.91. The maximum absolute atomic E-state index is 12.1. The number of hydrogen-bond donors (Lipinski definition) is 0. The Bertz CT molecular complexity index is 581. The fourth-order valence-electron chi connectivity index (χ4n) is 1.56. The lowest BCUT2D eigenvalue weighted by Gasteiger charge is -2.03. The quantitative estimate of drug-likeness (QED) is 0.482. The first kappa shape index (κ1) is 14.0. The molecule has 0 saturated carbocycles. The van der Waals surface area contributed by atoms with Crippen LogP contribution in [0.1, 0.15) is 15.9 Å². The van der Waals surface area contributed by atoms with E-state index >= 15 is 0 Å². The van der Waals surface area contributed by atoms with Gasteiger partial charge in [0.25, 0.3) is 0 Å². The highest BCUT2D eigenvalue weighted by molar-refractivity contribution is 14.1. The van der Waals surface area contributed by atoms with E-state index in [0.29, 0.717) is 17.0 Å². The Labute approximate surface area is 133 Å². The molecule has 1 nitrogen and oxygen atoms in total. The van der Waals surface area contributed by atoms with E-state index in [1.54, 1.807) is 18.2 Å². The first-order valence-electron chi connectivity index (χ1n) is 5.29. The van der Waals surface area contributed by atoms with Crippen molar-refractivity contribution in [3.63, 3.8) is 0 Å². The number of hydrogen-bond acceptors (Lipinski definition) is 1. The SMILES string of the molecule is O=C(Cc1ccc(I)cc1)c1ccc(Cl)c(Br)c1. The molecule has 2 aromatic carbocycles. The van der Waals surface area contributed by atoms with Gasteiger partial charge in [-0.3, -0.25) is 4.79 Å². The standard InChI is InChI=1S/C14H9BrClIO/c15-12-8-10(3-6-13(12)16)14(18)7-9-1-4-11(17)5-2-9/h1-6,8H,7H2. The fraction of sp³-hybridized carbons (Fsp3) is 0.0714. The molecular weight excluding hydrogens is 426 g/mol. The lowest BCUT2D eigenvalue weighted by molar-refractivity contribution is 0.0993. The predicted molar refractivity (Wildman–Crippen MR) is 86.3 cm³/mol. The number of ketones is 1. The maximum atomic E-state index is 12.1. The molecule has 0 radical (unpaired) electrons. The molecule has 0 bridgehead atoms. The maximum Gasteiger partial charge on any atom is 0.167 e. The molecule has 0 spiro atoms. The summed E-state index contributed by atoms with van der Waals surface area (Å²) in [6.45, 7) is 0. The lowest BCUT2D eigenvalue weighted by Crippen LogP contribution is -2.03. The largest absolute Gasteiger partial charge is 0.294 e. The fourth-order valence-corrected chi connectivity index (χ4v) is 2.42. The minimum absolute atomic E-state index is 0.0913. The molecule has 0 heterocycles. The van der Waals surface area contributed by atoms with E-state index < -0.39 is 0 Å². The van der Waals surface area contributed by atoms with Crippen LogP contribution >= 0.6 is 50.1 Å². The van der Waals surface area contributed by atoms with Gasteiger partial charge in [-0.05, 0) is 74.4 Å². The second kappa shape index (κ2) is 6.17. The summed E-state index contributed by atoms with van der Waals surface area (Å²) in [6, 6.07) is 13.2. The monoisotopic (exact) mass is 434 g/mol. The van der Waals surface area contributed by atoms with Gasteiger partial charge in [-0.1, -0.05) is 23.7 Å². The number of halogens is 3. The average Bonchev–Trinajstić information content (AvgIpc) is 2.35. The number of rotatable bonds is 3. The van der Waals surface area contributed by atoms with Crippen LogP contribution in [-0.2, 0) is 6.42 Å². The van der Waals surface area contributed by atoms with E-state index in [-0.39, 0.29) is 5.78 Å². The Morgan fingerprint density at radius 1 is 1.17 bits per heavy atom. The number of carbonyl (C=O) groups excluding carboxylic acids is 1. The van der Waals surface area contributed by atoms with Gasteiger partial charge in [0.05, 0.1) is 5.02 Å². The Hall–Kier alpha value is -0.390. The van der Waals surface area contributed by atoms with Crippen molar-refractivity contribution >= 4 is 55.9 Å². The topological polar surface area (TPSA) is 17.1 Å². The van der Waals surface area contributed by atoms with Crippen molar-refractivity contribution in [2.75, 3.05) is 0 Å². The van der Waals surface area contributed by atoms with Crippen LogP contribution in [0.5, 0.6) is 0 Å². The zero-order chi connectivity index (χ0) is 13.1. The van der Waals surface area contributed by atoms with Gasteiger partial charge in [0.1, 0.15) is 0 Å². The summed E-state index contributed by atoms with van der Waals surface area (Å²) in [5, 5.41) is 0.612. The third-order valence-electron chi connectivity index (χ3n) is 2.52. The van der Waals surface area contributed by atoms with Crippen molar-refractivity contribution in [1.82, 2.24) is 0 Å². The van der Waals surface area contributed by atoms with Crippen LogP contribution in [0.25, 0.3) is 0 Å². The molecule has 92 valence electrons. The van der Waals surface area contributed by atoms with Gasteiger partial charge in [-0.15, -0.1) is 0 Å². The molecule has 0 N–H and O–H groups in total. The Morgan fingerprint density at radius 3 is 2.44 bits per heavy atom. The molecule has 2 aromatic rings. The van der Waals surface area contributed by atoms with Gasteiger partial charge in [-0.25, -0.2) is 0 Å². The van der Waals surface area contributed by atoms with Crippen LogP contribution in [0.3, 0.4) is 0 Å². The van der Waals surface area contributed by atoms with Crippen LogP contribution in [-0.4, -0.2) is 5.78 Å². The molecule has 18 heavy (non-hydrogen) atoms. The van der Waals surface area contributed by atoms with E-state index in [1.165, 1.54) is 0 Å². The first-order chi connectivity index (χ1) is 8.56. The van der Waals surface area contributed by atoms with Gasteiger partial charge in [0.15, 0.2) is 5.78 Å². The molecule has 0 atom stereocenters. The van der Waals surface area contributed by atoms with Gasteiger partial charge in [0.2, 0.25) is 0 Å². The van der Waals surface area contributed by atoms with E-state index in [1.807, 2.05) is 24.3 Å². The van der Waals surface area contributed by atoms with Crippen molar-refractivity contribution < 1.29 is 4.79 Å². The minimum Gasteiger partial charge on any atom is -0.294 e. The molecular formula is C14H9BrClIO. The molecule has 0 amide bonds. The van der Waals surface area contributed by atoms with E-state index in [4.69, 9.17) is 11.6 Å². The lowest BCUT2D eigenvalue weighted by atomic mass is 10.0. The van der Waals surface area contributed by atoms with E-state index in [0.717, 1.165) is 13.6 Å². The van der Waals surface area contributed by atoms with E-state index in [9.17, 15) is 4.79 Å².